The Morgan fingerprint density at radius 2 is 1.80 bits per heavy atom. The van der Waals surface area contributed by atoms with E-state index in [2.05, 4.69) is 5.32 Å². The number of hydrogen-bond acceptors (Lipinski definition) is 7. The monoisotopic (exact) mass is 362 g/mol. The van der Waals surface area contributed by atoms with Crippen LogP contribution in [-0.4, -0.2) is 61.8 Å². The summed E-state index contributed by atoms with van der Waals surface area (Å²) in [6.45, 7) is 8.17. The maximum atomic E-state index is 11.8. The van der Waals surface area contributed by atoms with Gasteiger partial charge in [-0.25, -0.2) is 0 Å². The van der Waals surface area contributed by atoms with Gasteiger partial charge in [0.15, 0.2) is 6.29 Å². The van der Waals surface area contributed by atoms with Crippen molar-refractivity contribution in [1.82, 2.24) is 5.32 Å². The molecule has 2 atom stereocenters. The number of aliphatic hydroxyl groups is 1. The van der Waals surface area contributed by atoms with E-state index in [0.717, 1.165) is 0 Å². The molecule has 25 heavy (non-hydrogen) atoms. The summed E-state index contributed by atoms with van der Waals surface area (Å²) in [6, 6.07) is 0. The van der Waals surface area contributed by atoms with E-state index in [0.29, 0.717) is 19.5 Å². The molecule has 1 amide bonds. The number of nitrogens with two attached hydrogens (primary N) is 1. The third-order valence-electron chi connectivity index (χ3n) is 3.31. The minimum absolute atomic E-state index is 0.0559. The second-order valence-electron chi connectivity index (χ2n) is 6.39. The largest absolute Gasteiger partial charge is 0.460 e. The Hall–Kier alpha value is -1.22. The molecule has 0 rings (SSSR count). The van der Waals surface area contributed by atoms with Gasteiger partial charge in [-0.1, -0.05) is 13.8 Å². The van der Waals surface area contributed by atoms with E-state index in [4.69, 9.17) is 19.9 Å². The van der Waals surface area contributed by atoms with Gasteiger partial charge in [-0.15, -0.1) is 0 Å². The number of carbonyl (C=O) groups excluding carboxylic acids is 2. The zero-order valence-corrected chi connectivity index (χ0v) is 15.8. The van der Waals surface area contributed by atoms with Gasteiger partial charge in [0.25, 0.3) is 0 Å². The van der Waals surface area contributed by atoms with Crippen molar-refractivity contribution in [1.29, 1.82) is 0 Å². The summed E-state index contributed by atoms with van der Waals surface area (Å²) in [5.74, 6) is -0.450. The van der Waals surface area contributed by atoms with Gasteiger partial charge in [0, 0.05) is 25.9 Å². The van der Waals surface area contributed by atoms with E-state index < -0.39 is 18.4 Å². The second-order valence-corrected chi connectivity index (χ2v) is 6.39. The van der Waals surface area contributed by atoms with Gasteiger partial charge in [0.1, 0.15) is 6.61 Å². The molecule has 148 valence electrons. The van der Waals surface area contributed by atoms with Gasteiger partial charge >= 0.3 is 5.97 Å². The van der Waals surface area contributed by atoms with Crippen LogP contribution in [0.1, 0.15) is 47.0 Å². The van der Waals surface area contributed by atoms with Crippen LogP contribution in [0.3, 0.4) is 0 Å². The predicted molar refractivity (Wildman–Crippen MR) is 93.7 cm³/mol. The lowest BCUT2D eigenvalue weighted by Crippen LogP contribution is -2.36. The molecule has 8 heteroatoms. The van der Waals surface area contributed by atoms with Crippen molar-refractivity contribution in [2.75, 3.05) is 26.3 Å². The molecule has 0 heterocycles. The molecule has 0 spiro atoms. The molecule has 0 radical (unpaired) electrons. The predicted octanol–water partition coefficient (Wildman–Crippen LogP) is 0.559. The van der Waals surface area contributed by atoms with Crippen LogP contribution in [0.4, 0.5) is 0 Å². The molecule has 0 saturated heterocycles. The van der Waals surface area contributed by atoms with Crippen LogP contribution < -0.4 is 11.1 Å². The standard InChI is InChI=1S/C17H34N2O6/c1-12(2)14(10-20)25-17(24-13(3)4)11-23-16(22)7-5-6-15(21)19-9-8-18/h12-14,17,20H,5-11,18H2,1-4H3,(H,19,21). The molecular weight excluding hydrogens is 328 g/mol. The maximum Gasteiger partial charge on any atom is 0.305 e. The molecule has 8 nitrogen and oxygen atoms in total. The van der Waals surface area contributed by atoms with Crippen molar-refractivity contribution in [2.45, 2.75) is 65.5 Å². The Morgan fingerprint density at radius 1 is 1.12 bits per heavy atom. The molecular formula is C17H34N2O6. The van der Waals surface area contributed by atoms with E-state index >= 15 is 0 Å². The quantitative estimate of drug-likeness (QED) is 0.305. The Kier molecular flexibility index (Phi) is 13.3. The van der Waals surface area contributed by atoms with Gasteiger partial charge in [-0.2, -0.15) is 0 Å². The smallest absolute Gasteiger partial charge is 0.305 e. The van der Waals surface area contributed by atoms with Crippen molar-refractivity contribution in [3.63, 3.8) is 0 Å². The van der Waals surface area contributed by atoms with Crippen LogP contribution in [0.2, 0.25) is 0 Å². The summed E-state index contributed by atoms with van der Waals surface area (Å²) in [6.07, 6.45) is -0.460. The molecule has 0 aromatic rings. The van der Waals surface area contributed by atoms with Gasteiger partial charge < -0.3 is 30.4 Å². The van der Waals surface area contributed by atoms with Gasteiger partial charge in [-0.05, 0) is 26.2 Å². The normalized spacial score (nSPS) is 13.8. The van der Waals surface area contributed by atoms with E-state index in [-0.39, 0.29) is 44.0 Å². The fourth-order valence-corrected chi connectivity index (χ4v) is 1.95. The van der Waals surface area contributed by atoms with E-state index in [1.165, 1.54) is 0 Å². The van der Waals surface area contributed by atoms with Crippen molar-refractivity contribution in [3.8, 4) is 0 Å². The fourth-order valence-electron chi connectivity index (χ4n) is 1.95. The van der Waals surface area contributed by atoms with Crippen LogP contribution in [0.15, 0.2) is 0 Å². The highest BCUT2D eigenvalue weighted by Gasteiger charge is 2.22. The maximum absolute atomic E-state index is 11.8. The molecule has 0 saturated carbocycles. The third kappa shape index (κ3) is 12.7. The molecule has 0 aliphatic heterocycles. The van der Waals surface area contributed by atoms with Crippen LogP contribution in [0.25, 0.3) is 0 Å². The first-order chi connectivity index (χ1) is 11.8. The Bertz CT molecular complexity index is 376. The molecule has 0 aliphatic carbocycles. The second kappa shape index (κ2) is 14.0. The first-order valence-electron chi connectivity index (χ1n) is 8.84. The van der Waals surface area contributed by atoms with Crippen LogP contribution in [0.5, 0.6) is 0 Å². The number of rotatable bonds is 14. The summed E-state index contributed by atoms with van der Waals surface area (Å²) >= 11 is 0. The molecule has 0 aromatic heterocycles. The number of hydrogen-bond donors (Lipinski definition) is 3. The number of amides is 1. The van der Waals surface area contributed by atoms with Crippen molar-refractivity contribution in [2.24, 2.45) is 11.7 Å². The summed E-state index contributed by atoms with van der Waals surface area (Å²) < 4.78 is 16.4. The summed E-state index contributed by atoms with van der Waals surface area (Å²) in [5.41, 5.74) is 5.29. The first-order valence-corrected chi connectivity index (χ1v) is 8.84. The first kappa shape index (κ1) is 23.8. The Labute approximate surface area is 150 Å². The lowest BCUT2D eigenvalue weighted by molar-refractivity contribution is -0.223. The van der Waals surface area contributed by atoms with Crippen LogP contribution >= 0.6 is 0 Å². The lowest BCUT2D eigenvalue weighted by Gasteiger charge is -2.27. The Morgan fingerprint density at radius 3 is 2.32 bits per heavy atom. The minimum atomic E-state index is -0.739. The van der Waals surface area contributed by atoms with Crippen molar-refractivity contribution < 1.29 is 28.9 Å². The average molecular weight is 362 g/mol. The summed E-state index contributed by atoms with van der Waals surface area (Å²) in [5, 5.41) is 12.0. The fraction of sp³-hybridized carbons (Fsp3) is 0.882. The van der Waals surface area contributed by atoms with E-state index in [9.17, 15) is 14.7 Å². The van der Waals surface area contributed by atoms with Gasteiger partial charge in [0.2, 0.25) is 5.91 Å². The number of nitrogens with one attached hydrogen (secondary N) is 1. The zero-order chi connectivity index (χ0) is 19.2. The zero-order valence-electron chi connectivity index (χ0n) is 15.8. The number of esters is 1. The average Bonchev–Trinajstić information content (AvgIpc) is 2.54. The molecule has 0 aliphatic rings. The highest BCUT2D eigenvalue weighted by atomic mass is 16.7. The highest BCUT2D eigenvalue weighted by molar-refractivity contribution is 5.76. The summed E-state index contributed by atoms with van der Waals surface area (Å²) in [4.78, 5) is 23.2. The molecule has 0 aromatic carbocycles. The molecule has 0 fully saturated rings. The number of ether oxygens (including phenoxy) is 3. The van der Waals surface area contributed by atoms with Gasteiger partial charge in [0.05, 0.1) is 18.8 Å². The minimum Gasteiger partial charge on any atom is -0.460 e. The third-order valence-corrected chi connectivity index (χ3v) is 3.31. The number of carbonyl (C=O) groups is 2. The number of aliphatic hydroxyl groups excluding tert-OH is 1. The lowest BCUT2D eigenvalue weighted by atomic mass is 10.1. The van der Waals surface area contributed by atoms with Crippen molar-refractivity contribution in [3.05, 3.63) is 0 Å². The van der Waals surface area contributed by atoms with Crippen LogP contribution in [-0.2, 0) is 23.8 Å². The van der Waals surface area contributed by atoms with E-state index in [1.807, 2.05) is 27.7 Å². The summed E-state index contributed by atoms with van der Waals surface area (Å²) in [7, 11) is 0. The molecule has 0 bridgehead atoms. The topological polar surface area (TPSA) is 120 Å². The van der Waals surface area contributed by atoms with Crippen molar-refractivity contribution >= 4 is 11.9 Å². The molecule has 4 N–H and O–H groups in total. The van der Waals surface area contributed by atoms with Gasteiger partial charge in [-0.3, -0.25) is 9.59 Å². The highest BCUT2D eigenvalue weighted by Crippen LogP contribution is 2.12. The molecule has 2 unspecified atom stereocenters. The SMILES string of the molecule is CC(C)OC(COC(=O)CCCC(=O)NCCN)OC(CO)C(C)C. The Balaban J connectivity index is 4.21. The van der Waals surface area contributed by atoms with Crippen LogP contribution in [0, 0.1) is 5.92 Å². The van der Waals surface area contributed by atoms with E-state index in [1.54, 1.807) is 0 Å².